The molecule has 0 radical (unpaired) electrons. The van der Waals surface area contributed by atoms with Crippen molar-refractivity contribution < 1.29 is 0 Å². The summed E-state index contributed by atoms with van der Waals surface area (Å²) in [6.07, 6.45) is 5.23. The molecule has 0 saturated carbocycles. The fraction of sp³-hybridized carbons (Fsp3) is 0. The molecule has 3 heterocycles. The van der Waals surface area contributed by atoms with Crippen LogP contribution in [0.5, 0.6) is 0 Å². The molecular formula is C8H7N5. The highest BCUT2D eigenvalue weighted by Gasteiger charge is 2.06. The summed E-state index contributed by atoms with van der Waals surface area (Å²) in [5.41, 5.74) is 7.51. The molecule has 0 fully saturated rings. The zero-order valence-electron chi connectivity index (χ0n) is 6.73. The standard InChI is InChI=1S/C8H7N5/c9-7-5-3-6-10-1-2-13(6)8(5)12-4-11-7/h1-4,10H,(H2,9,11,12). The number of H-pyrrole nitrogens is 1. The van der Waals surface area contributed by atoms with Crippen LogP contribution in [0.4, 0.5) is 5.82 Å². The summed E-state index contributed by atoms with van der Waals surface area (Å²) < 4.78 is 1.94. The molecule has 0 unspecified atom stereocenters. The monoisotopic (exact) mass is 173 g/mol. The van der Waals surface area contributed by atoms with Crippen LogP contribution in [0, 0.1) is 0 Å². The van der Waals surface area contributed by atoms with Gasteiger partial charge in [0.25, 0.3) is 0 Å². The van der Waals surface area contributed by atoms with Crippen LogP contribution in [0.25, 0.3) is 16.7 Å². The summed E-state index contributed by atoms with van der Waals surface area (Å²) in [6, 6.07) is 1.94. The molecule has 0 bridgehead atoms. The van der Waals surface area contributed by atoms with Gasteiger partial charge in [-0.05, 0) is 6.07 Å². The van der Waals surface area contributed by atoms with Crippen LogP contribution in [-0.4, -0.2) is 19.4 Å². The van der Waals surface area contributed by atoms with Crippen molar-refractivity contribution in [2.24, 2.45) is 0 Å². The zero-order chi connectivity index (χ0) is 8.84. The number of rotatable bonds is 0. The van der Waals surface area contributed by atoms with E-state index in [2.05, 4.69) is 15.0 Å². The van der Waals surface area contributed by atoms with E-state index in [1.165, 1.54) is 6.33 Å². The number of hydrogen-bond acceptors (Lipinski definition) is 3. The maximum atomic E-state index is 5.70. The van der Waals surface area contributed by atoms with Gasteiger partial charge in [-0.2, -0.15) is 0 Å². The Morgan fingerprint density at radius 2 is 2.31 bits per heavy atom. The number of nitrogen functional groups attached to an aromatic ring is 1. The summed E-state index contributed by atoms with van der Waals surface area (Å²) in [7, 11) is 0. The average Bonchev–Trinajstić information content (AvgIpc) is 2.65. The van der Waals surface area contributed by atoms with E-state index >= 15 is 0 Å². The number of aromatic nitrogens is 4. The molecule has 13 heavy (non-hydrogen) atoms. The molecule has 3 aromatic heterocycles. The summed E-state index contributed by atoms with van der Waals surface area (Å²) >= 11 is 0. The molecule has 3 N–H and O–H groups in total. The largest absolute Gasteiger partial charge is 0.383 e. The minimum atomic E-state index is 0.516. The van der Waals surface area contributed by atoms with Crippen LogP contribution in [0.3, 0.4) is 0 Å². The van der Waals surface area contributed by atoms with Crippen LogP contribution in [0.1, 0.15) is 0 Å². The van der Waals surface area contributed by atoms with Crippen molar-refractivity contribution in [1.82, 2.24) is 19.4 Å². The lowest BCUT2D eigenvalue weighted by atomic mass is 10.4. The number of fused-ring (bicyclic) bond motifs is 3. The molecule has 0 spiro atoms. The Balaban J connectivity index is 2.66. The van der Waals surface area contributed by atoms with E-state index in [0.717, 1.165) is 16.7 Å². The number of nitrogens with zero attached hydrogens (tertiary/aromatic N) is 3. The highest BCUT2D eigenvalue weighted by molar-refractivity contribution is 5.90. The van der Waals surface area contributed by atoms with Gasteiger partial charge in [0.1, 0.15) is 17.8 Å². The fourth-order valence-electron chi connectivity index (χ4n) is 1.51. The quantitative estimate of drug-likeness (QED) is 0.528. The minimum Gasteiger partial charge on any atom is -0.383 e. The third-order valence-corrected chi connectivity index (χ3v) is 2.12. The Hall–Kier alpha value is -2.04. The van der Waals surface area contributed by atoms with Crippen molar-refractivity contribution in [3.05, 3.63) is 24.8 Å². The Bertz CT molecular complexity index is 576. The van der Waals surface area contributed by atoms with Gasteiger partial charge in [-0.3, -0.25) is 4.40 Å². The highest BCUT2D eigenvalue weighted by atomic mass is 15.1. The number of imidazole rings is 1. The average molecular weight is 173 g/mol. The van der Waals surface area contributed by atoms with Gasteiger partial charge >= 0.3 is 0 Å². The first-order chi connectivity index (χ1) is 6.36. The Morgan fingerprint density at radius 3 is 3.23 bits per heavy atom. The predicted octanol–water partition coefficient (Wildman–Crippen LogP) is 0.793. The Morgan fingerprint density at radius 1 is 1.38 bits per heavy atom. The summed E-state index contributed by atoms with van der Waals surface area (Å²) in [4.78, 5) is 11.2. The molecule has 0 aliphatic rings. The van der Waals surface area contributed by atoms with Crippen molar-refractivity contribution >= 4 is 22.5 Å². The molecule has 0 saturated heterocycles. The van der Waals surface area contributed by atoms with E-state index in [4.69, 9.17) is 5.73 Å². The third-order valence-electron chi connectivity index (χ3n) is 2.12. The van der Waals surface area contributed by atoms with Gasteiger partial charge in [0.2, 0.25) is 0 Å². The lowest BCUT2D eigenvalue weighted by molar-refractivity contribution is 1.16. The first-order valence-electron chi connectivity index (χ1n) is 3.91. The number of nitrogens with two attached hydrogens (primary N) is 1. The van der Waals surface area contributed by atoms with Crippen molar-refractivity contribution in [1.29, 1.82) is 0 Å². The second-order valence-corrected chi connectivity index (χ2v) is 2.86. The molecule has 0 atom stereocenters. The van der Waals surface area contributed by atoms with E-state index in [9.17, 15) is 0 Å². The van der Waals surface area contributed by atoms with E-state index in [1.807, 2.05) is 22.9 Å². The van der Waals surface area contributed by atoms with E-state index in [-0.39, 0.29) is 0 Å². The summed E-state index contributed by atoms with van der Waals surface area (Å²) in [6.45, 7) is 0. The van der Waals surface area contributed by atoms with Gasteiger partial charge in [0, 0.05) is 12.4 Å². The van der Waals surface area contributed by atoms with E-state index in [1.54, 1.807) is 0 Å². The lowest BCUT2D eigenvalue weighted by Gasteiger charge is -1.92. The molecule has 5 nitrogen and oxygen atoms in total. The van der Waals surface area contributed by atoms with Crippen LogP contribution in [0.15, 0.2) is 24.8 Å². The van der Waals surface area contributed by atoms with Crippen molar-refractivity contribution in [3.8, 4) is 0 Å². The molecular weight excluding hydrogens is 166 g/mol. The van der Waals surface area contributed by atoms with Gasteiger partial charge in [-0.15, -0.1) is 0 Å². The third kappa shape index (κ3) is 0.703. The molecule has 3 aromatic rings. The first kappa shape index (κ1) is 6.47. The zero-order valence-corrected chi connectivity index (χ0v) is 6.73. The lowest BCUT2D eigenvalue weighted by Crippen LogP contribution is -1.92. The van der Waals surface area contributed by atoms with Gasteiger partial charge in [-0.25, -0.2) is 9.97 Å². The first-order valence-corrected chi connectivity index (χ1v) is 3.91. The van der Waals surface area contributed by atoms with E-state index in [0.29, 0.717) is 5.82 Å². The van der Waals surface area contributed by atoms with Gasteiger partial charge in [0.05, 0.1) is 5.39 Å². The van der Waals surface area contributed by atoms with Crippen molar-refractivity contribution in [3.63, 3.8) is 0 Å². The fourth-order valence-corrected chi connectivity index (χ4v) is 1.51. The highest BCUT2D eigenvalue weighted by Crippen LogP contribution is 2.20. The number of aromatic amines is 1. The molecule has 3 rings (SSSR count). The van der Waals surface area contributed by atoms with E-state index < -0.39 is 0 Å². The van der Waals surface area contributed by atoms with Gasteiger partial charge in [0.15, 0.2) is 5.65 Å². The molecule has 0 amide bonds. The van der Waals surface area contributed by atoms with Crippen molar-refractivity contribution in [2.75, 3.05) is 5.73 Å². The van der Waals surface area contributed by atoms with Gasteiger partial charge < -0.3 is 10.7 Å². The van der Waals surface area contributed by atoms with Crippen LogP contribution in [-0.2, 0) is 0 Å². The Labute approximate surface area is 73.2 Å². The smallest absolute Gasteiger partial charge is 0.151 e. The molecule has 5 heteroatoms. The molecule has 64 valence electrons. The Kier molecular flexibility index (Phi) is 0.999. The SMILES string of the molecule is Nc1ncnc2c1cc1[nH]ccn12. The number of hydrogen-bond donors (Lipinski definition) is 2. The second kappa shape index (κ2) is 2.01. The number of nitrogens with one attached hydrogen (secondary N) is 1. The predicted molar refractivity (Wildman–Crippen MR) is 49.3 cm³/mol. The maximum Gasteiger partial charge on any atom is 0.151 e. The maximum absolute atomic E-state index is 5.70. The topological polar surface area (TPSA) is 72.0 Å². The molecule has 0 aliphatic heterocycles. The van der Waals surface area contributed by atoms with Crippen LogP contribution >= 0.6 is 0 Å². The van der Waals surface area contributed by atoms with Crippen molar-refractivity contribution in [2.45, 2.75) is 0 Å². The summed E-state index contributed by atoms with van der Waals surface area (Å²) in [5, 5.41) is 0.884. The normalized spacial score (nSPS) is 11.4. The summed E-state index contributed by atoms with van der Waals surface area (Å²) in [5.74, 6) is 0.516. The molecule has 0 aromatic carbocycles. The van der Waals surface area contributed by atoms with Crippen LogP contribution in [0.2, 0.25) is 0 Å². The van der Waals surface area contributed by atoms with Gasteiger partial charge in [-0.1, -0.05) is 0 Å². The second-order valence-electron chi connectivity index (χ2n) is 2.86. The van der Waals surface area contributed by atoms with Crippen LogP contribution < -0.4 is 5.73 Å². The molecule has 0 aliphatic carbocycles. The minimum absolute atomic E-state index is 0.516. The number of anilines is 1.